The highest BCUT2D eigenvalue weighted by Crippen LogP contribution is 2.16. The van der Waals surface area contributed by atoms with Gasteiger partial charge >= 0.3 is 0 Å². The first-order chi connectivity index (χ1) is 10.1. The highest BCUT2D eigenvalue weighted by atomic mass is 32.1. The van der Waals surface area contributed by atoms with Crippen molar-refractivity contribution in [2.75, 3.05) is 7.05 Å². The van der Waals surface area contributed by atoms with Gasteiger partial charge in [-0.05, 0) is 38.1 Å². The van der Waals surface area contributed by atoms with Crippen molar-refractivity contribution in [2.24, 2.45) is 12.0 Å². The Morgan fingerprint density at radius 3 is 2.76 bits per heavy atom. The summed E-state index contributed by atoms with van der Waals surface area (Å²) in [4.78, 5) is 7.06. The molecule has 114 valence electrons. The monoisotopic (exact) mass is 304 g/mol. The van der Waals surface area contributed by atoms with E-state index < -0.39 is 0 Å². The fraction of sp³-hybridized carbons (Fsp3) is 0.438. The van der Waals surface area contributed by atoms with E-state index in [4.69, 9.17) is 0 Å². The summed E-state index contributed by atoms with van der Waals surface area (Å²) in [5.74, 6) is 0.844. The molecule has 2 N–H and O–H groups in total. The Labute approximate surface area is 130 Å². The van der Waals surface area contributed by atoms with Crippen LogP contribution in [0.5, 0.6) is 0 Å². The van der Waals surface area contributed by atoms with Gasteiger partial charge in [-0.25, -0.2) is 0 Å². The van der Waals surface area contributed by atoms with Crippen molar-refractivity contribution in [2.45, 2.75) is 32.9 Å². The van der Waals surface area contributed by atoms with Crippen molar-refractivity contribution >= 4 is 17.3 Å². The Kier molecular flexibility index (Phi) is 5.44. The predicted octanol–water partition coefficient (Wildman–Crippen LogP) is 2.69. The molecule has 0 saturated heterocycles. The van der Waals surface area contributed by atoms with Crippen LogP contribution in [0.3, 0.4) is 0 Å². The molecule has 0 fully saturated rings. The fourth-order valence-corrected chi connectivity index (χ4v) is 3.25. The van der Waals surface area contributed by atoms with E-state index in [0.29, 0.717) is 6.04 Å². The Balaban J connectivity index is 1.83. The third-order valence-electron chi connectivity index (χ3n) is 3.40. The Hall–Kier alpha value is -1.75. The topological polar surface area (TPSA) is 41.4 Å². The molecule has 1 unspecified atom stereocenters. The molecule has 0 bridgehead atoms. The number of aromatic nitrogens is 1. The second-order valence-corrected chi connectivity index (χ2v) is 6.67. The third kappa shape index (κ3) is 4.63. The summed E-state index contributed by atoms with van der Waals surface area (Å²) in [5.41, 5.74) is 1.24. The van der Waals surface area contributed by atoms with Gasteiger partial charge in [-0.3, -0.25) is 4.99 Å². The van der Waals surface area contributed by atoms with Gasteiger partial charge in [0.15, 0.2) is 5.96 Å². The SMILES string of the molecule is CN=C(NCc1cccn1C)NC(C)Cc1ccc(C)s1. The van der Waals surface area contributed by atoms with Gasteiger partial charge in [-0.15, -0.1) is 11.3 Å². The molecular formula is C16H24N4S. The third-order valence-corrected chi connectivity index (χ3v) is 4.42. The highest BCUT2D eigenvalue weighted by molar-refractivity contribution is 7.11. The first-order valence-electron chi connectivity index (χ1n) is 7.21. The average molecular weight is 304 g/mol. The number of nitrogens with one attached hydrogen (secondary N) is 2. The first kappa shape index (κ1) is 15.6. The van der Waals surface area contributed by atoms with Crippen LogP contribution in [0.25, 0.3) is 0 Å². The van der Waals surface area contributed by atoms with Crippen molar-refractivity contribution in [3.63, 3.8) is 0 Å². The van der Waals surface area contributed by atoms with Crippen LogP contribution in [0.1, 0.15) is 22.4 Å². The van der Waals surface area contributed by atoms with E-state index in [0.717, 1.165) is 18.9 Å². The summed E-state index contributed by atoms with van der Waals surface area (Å²) in [6, 6.07) is 8.89. The van der Waals surface area contributed by atoms with Crippen molar-refractivity contribution in [3.05, 3.63) is 45.9 Å². The minimum Gasteiger partial charge on any atom is -0.354 e. The Morgan fingerprint density at radius 2 is 2.19 bits per heavy atom. The van der Waals surface area contributed by atoms with Crippen LogP contribution in [0.15, 0.2) is 35.5 Å². The first-order valence-corrected chi connectivity index (χ1v) is 8.03. The van der Waals surface area contributed by atoms with Crippen molar-refractivity contribution in [1.29, 1.82) is 0 Å². The molecule has 4 nitrogen and oxygen atoms in total. The van der Waals surface area contributed by atoms with Gasteiger partial charge < -0.3 is 15.2 Å². The fourth-order valence-electron chi connectivity index (χ4n) is 2.23. The maximum Gasteiger partial charge on any atom is 0.191 e. The summed E-state index contributed by atoms with van der Waals surface area (Å²) in [6.07, 6.45) is 3.07. The maximum absolute atomic E-state index is 4.29. The van der Waals surface area contributed by atoms with E-state index in [1.165, 1.54) is 15.4 Å². The van der Waals surface area contributed by atoms with Gasteiger partial charge in [-0.1, -0.05) is 0 Å². The molecule has 2 aromatic rings. The Morgan fingerprint density at radius 1 is 1.38 bits per heavy atom. The van der Waals surface area contributed by atoms with Crippen LogP contribution in [-0.4, -0.2) is 23.6 Å². The normalized spacial score (nSPS) is 13.2. The second-order valence-electron chi connectivity index (χ2n) is 5.30. The Bertz CT molecular complexity index is 597. The molecule has 2 aromatic heterocycles. The lowest BCUT2D eigenvalue weighted by Gasteiger charge is -2.17. The highest BCUT2D eigenvalue weighted by Gasteiger charge is 2.08. The van der Waals surface area contributed by atoms with Crippen LogP contribution in [0, 0.1) is 6.92 Å². The predicted molar refractivity (Wildman–Crippen MR) is 91.0 cm³/mol. The zero-order valence-corrected chi connectivity index (χ0v) is 14.0. The van der Waals surface area contributed by atoms with E-state index in [2.05, 4.69) is 71.6 Å². The van der Waals surface area contributed by atoms with Gasteiger partial charge in [0.05, 0.1) is 6.54 Å². The molecule has 0 amide bonds. The van der Waals surface area contributed by atoms with E-state index in [1.807, 2.05) is 18.4 Å². The van der Waals surface area contributed by atoms with E-state index in [1.54, 1.807) is 0 Å². The quantitative estimate of drug-likeness (QED) is 0.659. The van der Waals surface area contributed by atoms with Crippen molar-refractivity contribution in [1.82, 2.24) is 15.2 Å². The van der Waals surface area contributed by atoms with E-state index in [-0.39, 0.29) is 0 Å². The van der Waals surface area contributed by atoms with Gasteiger partial charge in [0.25, 0.3) is 0 Å². The van der Waals surface area contributed by atoms with Crippen molar-refractivity contribution < 1.29 is 0 Å². The molecule has 0 saturated carbocycles. The largest absolute Gasteiger partial charge is 0.354 e. The standard InChI is InChI=1S/C16H24N4S/c1-12(10-15-8-7-13(2)21-15)19-16(17-3)18-11-14-6-5-9-20(14)4/h5-9,12H,10-11H2,1-4H3,(H2,17,18,19). The maximum atomic E-state index is 4.29. The number of nitrogens with zero attached hydrogens (tertiary/aromatic N) is 2. The molecule has 0 radical (unpaired) electrons. The zero-order chi connectivity index (χ0) is 15.2. The lowest BCUT2D eigenvalue weighted by atomic mass is 10.2. The molecule has 0 aromatic carbocycles. The number of hydrogen-bond acceptors (Lipinski definition) is 2. The van der Waals surface area contributed by atoms with Crippen LogP contribution < -0.4 is 10.6 Å². The minimum absolute atomic E-state index is 0.350. The van der Waals surface area contributed by atoms with E-state index >= 15 is 0 Å². The van der Waals surface area contributed by atoms with Crippen molar-refractivity contribution in [3.8, 4) is 0 Å². The van der Waals surface area contributed by atoms with E-state index in [9.17, 15) is 0 Å². The molecule has 2 heterocycles. The molecule has 21 heavy (non-hydrogen) atoms. The number of aryl methyl sites for hydroxylation is 2. The number of aliphatic imine (C=N–C) groups is 1. The van der Waals surface area contributed by atoms with Gasteiger partial charge in [-0.2, -0.15) is 0 Å². The minimum atomic E-state index is 0.350. The lowest BCUT2D eigenvalue weighted by Crippen LogP contribution is -2.42. The molecular weight excluding hydrogens is 280 g/mol. The van der Waals surface area contributed by atoms with Crippen LogP contribution in [0.4, 0.5) is 0 Å². The summed E-state index contributed by atoms with van der Waals surface area (Å²) in [6.45, 7) is 5.10. The van der Waals surface area contributed by atoms with Gasteiger partial charge in [0, 0.05) is 48.2 Å². The van der Waals surface area contributed by atoms with Crippen LogP contribution in [0.2, 0.25) is 0 Å². The number of rotatable bonds is 5. The summed E-state index contributed by atoms with van der Waals surface area (Å²) in [7, 11) is 3.86. The zero-order valence-electron chi connectivity index (χ0n) is 13.2. The lowest BCUT2D eigenvalue weighted by molar-refractivity contribution is 0.640. The number of thiophene rings is 1. The van der Waals surface area contributed by atoms with Gasteiger partial charge in [0.2, 0.25) is 0 Å². The summed E-state index contributed by atoms with van der Waals surface area (Å²) in [5, 5.41) is 6.80. The molecule has 0 aliphatic carbocycles. The molecule has 5 heteroatoms. The second kappa shape index (κ2) is 7.31. The average Bonchev–Trinajstić information content (AvgIpc) is 3.03. The molecule has 2 rings (SSSR count). The number of guanidine groups is 1. The molecule has 0 aliphatic rings. The summed E-state index contributed by atoms with van der Waals surface area (Å²) >= 11 is 1.86. The van der Waals surface area contributed by atoms with Gasteiger partial charge in [0.1, 0.15) is 0 Å². The smallest absolute Gasteiger partial charge is 0.191 e. The molecule has 1 atom stereocenters. The number of hydrogen-bond donors (Lipinski definition) is 2. The van der Waals surface area contributed by atoms with Crippen LogP contribution in [-0.2, 0) is 20.0 Å². The van der Waals surface area contributed by atoms with Crippen LogP contribution >= 0.6 is 11.3 Å². The summed E-state index contributed by atoms with van der Waals surface area (Å²) < 4.78 is 2.11. The molecule has 0 aliphatic heterocycles. The molecule has 0 spiro atoms.